The van der Waals surface area contributed by atoms with E-state index in [0.29, 0.717) is 23.0 Å². The molecule has 0 atom stereocenters. The molecule has 1 N–H and O–H groups in total. The molecule has 1 aliphatic rings. The molecule has 0 saturated carbocycles. The predicted octanol–water partition coefficient (Wildman–Crippen LogP) is 2.65. The summed E-state index contributed by atoms with van der Waals surface area (Å²) in [5.74, 6) is -0.00186. The lowest BCUT2D eigenvalue weighted by molar-refractivity contribution is -0.113. The van der Waals surface area contributed by atoms with E-state index in [9.17, 15) is 9.59 Å². The van der Waals surface area contributed by atoms with Crippen LogP contribution in [-0.2, 0) is 23.1 Å². The van der Waals surface area contributed by atoms with Gasteiger partial charge in [0.2, 0.25) is 5.91 Å². The van der Waals surface area contributed by atoms with Crippen LogP contribution in [0.4, 0.5) is 11.4 Å². The van der Waals surface area contributed by atoms with Gasteiger partial charge in [0.05, 0.1) is 19.0 Å². The number of benzene rings is 2. The van der Waals surface area contributed by atoms with Gasteiger partial charge in [0.25, 0.3) is 5.91 Å². The van der Waals surface area contributed by atoms with Crippen LogP contribution in [0.15, 0.2) is 60.0 Å². The van der Waals surface area contributed by atoms with Crippen LogP contribution in [0, 0.1) is 0 Å². The van der Waals surface area contributed by atoms with E-state index >= 15 is 0 Å². The summed E-state index contributed by atoms with van der Waals surface area (Å²) < 4.78 is 7.17. The van der Waals surface area contributed by atoms with Crippen LogP contribution in [0.2, 0.25) is 0 Å². The molecule has 1 fully saturated rings. The van der Waals surface area contributed by atoms with Gasteiger partial charge in [-0.15, -0.1) is 10.2 Å². The summed E-state index contributed by atoms with van der Waals surface area (Å²) in [6.07, 6.45) is 1.59. The number of amides is 2. The molecular formula is C24H28N6O3S. The van der Waals surface area contributed by atoms with Crippen molar-refractivity contribution in [3.05, 3.63) is 66.0 Å². The van der Waals surface area contributed by atoms with Crippen LogP contribution in [0.1, 0.15) is 15.9 Å². The molecule has 0 unspecified atom stereocenters. The standard InChI is InChI=1S/C24H28N6O3S/c1-28(15-18-3-9-21(10-4-18)30-11-13-33-14-12-30)23(32)19-5-7-20(8-6-19)26-22(31)16-34-24-27-25-17-29(24)2/h3-10,17H,11-16H2,1-2H3,(H,26,31). The van der Waals surface area contributed by atoms with Crippen molar-refractivity contribution in [1.29, 1.82) is 0 Å². The zero-order chi connectivity index (χ0) is 23.9. The number of hydrogen-bond acceptors (Lipinski definition) is 7. The largest absolute Gasteiger partial charge is 0.378 e. The maximum absolute atomic E-state index is 12.9. The van der Waals surface area contributed by atoms with Crippen LogP contribution in [0.3, 0.4) is 0 Å². The first-order chi connectivity index (χ1) is 16.5. The van der Waals surface area contributed by atoms with Crippen molar-refractivity contribution in [2.45, 2.75) is 11.7 Å². The summed E-state index contributed by atoms with van der Waals surface area (Å²) in [6, 6.07) is 15.3. The van der Waals surface area contributed by atoms with Gasteiger partial charge in [-0.05, 0) is 42.0 Å². The highest BCUT2D eigenvalue weighted by Crippen LogP contribution is 2.19. The number of nitrogens with zero attached hydrogens (tertiary/aromatic N) is 5. The Morgan fingerprint density at radius 3 is 2.44 bits per heavy atom. The average molecular weight is 481 g/mol. The second kappa shape index (κ2) is 11.2. The van der Waals surface area contributed by atoms with Gasteiger partial charge in [-0.2, -0.15) is 0 Å². The summed E-state index contributed by atoms with van der Waals surface area (Å²) in [4.78, 5) is 29.1. The molecule has 1 saturated heterocycles. The van der Waals surface area contributed by atoms with Gasteiger partial charge < -0.3 is 24.4 Å². The number of rotatable bonds is 8. The maximum Gasteiger partial charge on any atom is 0.253 e. The van der Waals surface area contributed by atoms with Crippen molar-refractivity contribution < 1.29 is 14.3 Å². The molecule has 0 radical (unpaired) electrons. The van der Waals surface area contributed by atoms with Crippen molar-refractivity contribution in [1.82, 2.24) is 19.7 Å². The van der Waals surface area contributed by atoms with Gasteiger partial charge in [-0.25, -0.2) is 0 Å². The van der Waals surface area contributed by atoms with Crippen molar-refractivity contribution in [2.75, 3.05) is 49.3 Å². The minimum atomic E-state index is -0.148. The predicted molar refractivity (Wildman–Crippen MR) is 132 cm³/mol. The molecule has 2 aromatic carbocycles. The van der Waals surface area contributed by atoms with Crippen LogP contribution in [0.5, 0.6) is 0 Å². The van der Waals surface area contributed by atoms with Crippen molar-refractivity contribution >= 4 is 35.0 Å². The number of morpholine rings is 1. The van der Waals surface area contributed by atoms with Crippen LogP contribution < -0.4 is 10.2 Å². The number of carbonyl (C=O) groups is 2. The average Bonchev–Trinajstić information content (AvgIpc) is 3.28. The van der Waals surface area contributed by atoms with Crippen molar-refractivity contribution in [3.8, 4) is 0 Å². The minimum Gasteiger partial charge on any atom is -0.378 e. The Hall–Kier alpha value is -3.37. The first-order valence-electron chi connectivity index (χ1n) is 11.0. The topological polar surface area (TPSA) is 92.6 Å². The molecule has 3 aromatic rings. The fourth-order valence-corrected chi connectivity index (χ4v) is 4.31. The lowest BCUT2D eigenvalue weighted by atomic mass is 10.1. The normalized spacial score (nSPS) is 13.5. The van der Waals surface area contributed by atoms with Gasteiger partial charge >= 0.3 is 0 Å². The Morgan fingerprint density at radius 1 is 1.09 bits per heavy atom. The Kier molecular flexibility index (Phi) is 7.81. The van der Waals surface area contributed by atoms with Crippen LogP contribution in [0.25, 0.3) is 0 Å². The van der Waals surface area contributed by atoms with Crippen molar-refractivity contribution in [2.24, 2.45) is 7.05 Å². The highest BCUT2D eigenvalue weighted by Gasteiger charge is 2.14. The monoisotopic (exact) mass is 480 g/mol. The van der Waals surface area contributed by atoms with Gasteiger partial charge in [0.1, 0.15) is 6.33 Å². The molecule has 1 aliphatic heterocycles. The number of thioether (sulfide) groups is 1. The zero-order valence-corrected chi connectivity index (χ0v) is 20.1. The summed E-state index contributed by atoms with van der Waals surface area (Å²) in [6.45, 7) is 3.82. The fourth-order valence-electron chi connectivity index (χ4n) is 3.63. The molecular weight excluding hydrogens is 452 g/mol. The summed E-state index contributed by atoms with van der Waals surface area (Å²) in [5, 5.41) is 11.2. The van der Waals surface area contributed by atoms with Gasteiger partial charge in [-0.3, -0.25) is 9.59 Å². The van der Waals surface area contributed by atoms with Crippen molar-refractivity contribution in [3.63, 3.8) is 0 Å². The molecule has 10 heteroatoms. The van der Waals surface area contributed by atoms with Gasteiger partial charge in [0.15, 0.2) is 5.16 Å². The van der Waals surface area contributed by atoms with Gasteiger partial charge in [-0.1, -0.05) is 23.9 Å². The molecule has 0 bridgehead atoms. The van der Waals surface area contributed by atoms with E-state index in [0.717, 1.165) is 31.9 Å². The zero-order valence-electron chi connectivity index (χ0n) is 19.3. The maximum atomic E-state index is 12.9. The van der Waals surface area contributed by atoms with E-state index in [-0.39, 0.29) is 17.6 Å². The molecule has 2 amide bonds. The number of aromatic nitrogens is 3. The smallest absolute Gasteiger partial charge is 0.253 e. The van der Waals surface area contributed by atoms with E-state index in [4.69, 9.17) is 4.74 Å². The van der Waals surface area contributed by atoms with Crippen LogP contribution in [-0.4, -0.2) is 70.6 Å². The third-order valence-corrected chi connectivity index (χ3v) is 6.53. The van der Waals surface area contributed by atoms with E-state index in [1.807, 2.05) is 7.05 Å². The fraction of sp³-hybridized carbons (Fsp3) is 0.333. The highest BCUT2D eigenvalue weighted by atomic mass is 32.2. The second-order valence-electron chi connectivity index (χ2n) is 8.07. The molecule has 0 aliphatic carbocycles. The number of anilines is 2. The molecule has 2 heterocycles. The quantitative estimate of drug-likeness (QED) is 0.496. The summed E-state index contributed by atoms with van der Waals surface area (Å²) >= 11 is 1.31. The van der Waals surface area contributed by atoms with E-state index < -0.39 is 0 Å². The second-order valence-corrected chi connectivity index (χ2v) is 9.01. The Balaban J connectivity index is 1.27. The molecule has 34 heavy (non-hydrogen) atoms. The highest BCUT2D eigenvalue weighted by molar-refractivity contribution is 7.99. The number of ether oxygens (including phenoxy) is 1. The SMILES string of the molecule is CN(Cc1ccc(N2CCOCC2)cc1)C(=O)c1ccc(NC(=O)CSc2nncn2C)cc1. The van der Waals surface area contributed by atoms with E-state index in [1.165, 1.54) is 17.4 Å². The molecule has 178 valence electrons. The Morgan fingerprint density at radius 2 is 1.79 bits per heavy atom. The molecule has 1 aromatic heterocycles. The lowest BCUT2D eigenvalue weighted by Gasteiger charge is -2.29. The third kappa shape index (κ3) is 6.15. The summed E-state index contributed by atoms with van der Waals surface area (Å²) in [7, 11) is 3.62. The Labute approximate surface area is 203 Å². The van der Waals surface area contributed by atoms with Crippen LogP contribution >= 0.6 is 11.8 Å². The minimum absolute atomic E-state index is 0.0760. The number of hydrogen-bond donors (Lipinski definition) is 1. The Bertz CT molecular complexity index is 1110. The third-order valence-electron chi connectivity index (χ3n) is 5.50. The number of carbonyl (C=O) groups excluding carboxylic acids is 2. The van der Waals surface area contributed by atoms with E-state index in [1.54, 1.807) is 47.1 Å². The number of nitrogens with one attached hydrogen (secondary N) is 1. The first kappa shape index (κ1) is 23.8. The van der Waals surface area contributed by atoms with Gasteiger partial charge in [0, 0.05) is 50.7 Å². The first-order valence-corrected chi connectivity index (χ1v) is 12.0. The lowest BCUT2D eigenvalue weighted by Crippen LogP contribution is -2.36. The molecule has 4 rings (SSSR count). The number of aryl methyl sites for hydroxylation is 1. The molecule has 0 spiro atoms. The summed E-state index contributed by atoms with van der Waals surface area (Å²) in [5.41, 5.74) is 3.45. The van der Waals surface area contributed by atoms with E-state index in [2.05, 4.69) is 44.7 Å². The molecule has 9 nitrogen and oxygen atoms in total.